The van der Waals surface area contributed by atoms with E-state index in [1.807, 2.05) is 0 Å². The largest absolute Gasteiger partial charge is 0.489 e. The number of oxime groups is 1. The molecular weight excluding hydrogens is 636 g/mol. The van der Waals surface area contributed by atoms with Crippen molar-refractivity contribution in [3.8, 4) is 5.75 Å². The second-order valence-corrected chi connectivity index (χ2v) is 12.3. The fraction of sp³-hybridized carbons (Fsp3) is 0.440. The average molecular weight is 669 g/mol. The minimum atomic E-state index is -4.99. The third-order valence-electron chi connectivity index (χ3n) is 6.87. The van der Waals surface area contributed by atoms with E-state index in [1.165, 1.54) is 19.2 Å². The van der Waals surface area contributed by atoms with E-state index in [1.54, 1.807) is 24.3 Å². The van der Waals surface area contributed by atoms with Crippen molar-refractivity contribution >= 4 is 56.2 Å². The molecule has 8 N–H and O–H groups in total. The second-order valence-electron chi connectivity index (χ2n) is 10.4. The average Bonchev–Trinajstić information content (AvgIpc) is 3.64. The Labute approximate surface area is 261 Å². The summed E-state index contributed by atoms with van der Waals surface area (Å²) in [5, 5.41) is 21.7. The Morgan fingerprint density at radius 2 is 2.02 bits per heavy atom. The number of carboxylic acid groups (broad SMARTS) is 1. The number of nitrogen functional groups attached to an aromatic ring is 1. The summed E-state index contributed by atoms with van der Waals surface area (Å²) in [6.45, 7) is 3.94. The Balaban J connectivity index is 1.41. The van der Waals surface area contributed by atoms with Gasteiger partial charge in [0.1, 0.15) is 18.1 Å². The molecule has 0 aliphatic carbocycles. The Bertz CT molecular complexity index is 1590. The van der Waals surface area contributed by atoms with Crippen molar-refractivity contribution in [1.82, 2.24) is 20.7 Å². The number of guanidine groups is 1. The number of anilines is 1. The van der Waals surface area contributed by atoms with Crippen LogP contribution in [-0.4, -0.2) is 95.3 Å². The Kier molecular flexibility index (Phi) is 10.2. The standard InChI is InChI=1S/C25H32N8O10S2/c1-25(2)15(21(35)33(25)43-45(38,39)40)9-18(34)20(17-12-44-23(27)30-17)32-42-19(22(36)37)11-41-14-5-3-13(4-6-14)16-10-29-24(31-16)28-8-7-26/h3-6,12,15-16,19H,7-11,26H2,1-2H3,(H2,27,30)(H,36,37)(H2,28,29,31)(H,38,39,40)/b32-20-. The highest BCUT2D eigenvalue weighted by Crippen LogP contribution is 2.40. The molecule has 1 aromatic carbocycles. The lowest BCUT2D eigenvalue weighted by Gasteiger charge is -2.50. The van der Waals surface area contributed by atoms with Gasteiger partial charge >= 0.3 is 16.4 Å². The topological polar surface area (TPSA) is 270 Å². The lowest BCUT2D eigenvalue weighted by molar-refractivity contribution is -0.228. The maximum atomic E-state index is 13.3. The molecule has 0 saturated carbocycles. The number of aliphatic carboxylic acids is 1. The van der Waals surface area contributed by atoms with E-state index in [-0.39, 0.29) is 16.9 Å². The molecule has 1 fully saturated rings. The zero-order chi connectivity index (χ0) is 32.9. The summed E-state index contributed by atoms with van der Waals surface area (Å²) in [4.78, 5) is 51.4. The van der Waals surface area contributed by atoms with Crippen LogP contribution in [0.4, 0.5) is 5.13 Å². The number of ketones is 1. The first kappa shape index (κ1) is 33.5. The highest BCUT2D eigenvalue weighted by molar-refractivity contribution is 7.80. The van der Waals surface area contributed by atoms with Gasteiger partial charge in [-0.1, -0.05) is 17.3 Å². The Morgan fingerprint density at radius 1 is 1.31 bits per heavy atom. The molecular formula is C25H32N8O10S2. The molecule has 4 rings (SSSR count). The van der Waals surface area contributed by atoms with Crippen molar-refractivity contribution in [2.75, 3.05) is 32.0 Å². The highest BCUT2D eigenvalue weighted by Gasteiger charge is 2.57. The SMILES string of the molecule is CC1(C)C(CC(=O)/C(=N\OC(COc2ccc(C3CN=C(NCCN)N3)cc2)C(=O)O)c2csc(N)n2)C(=O)N1OS(=O)(=O)O. The van der Waals surface area contributed by atoms with Gasteiger partial charge in [-0.25, -0.2) is 9.78 Å². The van der Waals surface area contributed by atoms with Gasteiger partial charge in [0, 0.05) is 24.9 Å². The second kappa shape index (κ2) is 13.7. The number of aliphatic imine (C=N–C) groups is 1. The zero-order valence-corrected chi connectivity index (χ0v) is 25.7. The molecule has 18 nitrogen and oxygen atoms in total. The molecule has 1 amide bonds. The maximum absolute atomic E-state index is 13.3. The quantitative estimate of drug-likeness (QED) is 0.0602. The van der Waals surface area contributed by atoms with Gasteiger partial charge in [-0.3, -0.25) is 19.1 Å². The first-order chi connectivity index (χ1) is 21.2. The van der Waals surface area contributed by atoms with E-state index < -0.39 is 64.4 Å². The molecule has 2 aliphatic heterocycles. The van der Waals surface area contributed by atoms with Gasteiger partial charge in [0.25, 0.3) is 12.0 Å². The van der Waals surface area contributed by atoms with Crippen LogP contribution < -0.4 is 26.8 Å². The number of nitrogens with two attached hydrogens (primary N) is 2. The van der Waals surface area contributed by atoms with Crippen LogP contribution in [0.1, 0.15) is 37.6 Å². The fourth-order valence-corrected chi connectivity index (χ4v) is 5.44. The molecule has 2 aliphatic rings. The van der Waals surface area contributed by atoms with Gasteiger partial charge in [-0.05, 0) is 31.5 Å². The van der Waals surface area contributed by atoms with Crippen LogP contribution in [0.2, 0.25) is 0 Å². The number of carboxylic acids is 1. The molecule has 2 aromatic rings. The first-order valence-electron chi connectivity index (χ1n) is 13.4. The fourth-order valence-electron chi connectivity index (χ4n) is 4.44. The van der Waals surface area contributed by atoms with E-state index in [0.29, 0.717) is 36.4 Å². The summed E-state index contributed by atoms with van der Waals surface area (Å²) in [6.07, 6.45) is -2.15. The predicted molar refractivity (Wildman–Crippen MR) is 159 cm³/mol. The molecule has 244 valence electrons. The Morgan fingerprint density at radius 3 is 2.60 bits per heavy atom. The minimum Gasteiger partial charge on any atom is -0.489 e. The van der Waals surface area contributed by atoms with Crippen LogP contribution in [0, 0.1) is 5.92 Å². The Hall–Kier alpha value is -4.37. The molecule has 20 heteroatoms. The number of ether oxygens (including phenoxy) is 1. The lowest BCUT2D eigenvalue weighted by atomic mass is 9.74. The van der Waals surface area contributed by atoms with Gasteiger partial charge in [0.05, 0.1) is 24.0 Å². The van der Waals surface area contributed by atoms with E-state index >= 15 is 0 Å². The van der Waals surface area contributed by atoms with E-state index in [9.17, 15) is 27.9 Å². The van der Waals surface area contributed by atoms with Crippen molar-refractivity contribution in [1.29, 1.82) is 0 Å². The number of rotatable bonds is 15. The summed E-state index contributed by atoms with van der Waals surface area (Å²) >= 11 is 0.985. The predicted octanol–water partition coefficient (Wildman–Crippen LogP) is -0.543. The van der Waals surface area contributed by atoms with Gasteiger partial charge in [0.15, 0.2) is 22.6 Å². The van der Waals surface area contributed by atoms with E-state index in [0.717, 1.165) is 16.9 Å². The molecule has 1 saturated heterocycles. The minimum absolute atomic E-state index is 0.0235. The normalized spacial score (nSPS) is 20.1. The lowest BCUT2D eigenvalue weighted by Crippen LogP contribution is -2.68. The van der Waals surface area contributed by atoms with Gasteiger partial charge < -0.3 is 36.8 Å². The summed E-state index contributed by atoms with van der Waals surface area (Å²) in [5.41, 5.74) is 10.4. The zero-order valence-electron chi connectivity index (χ0n) is 24.1. The number of hydrogen-bond acceptors (Lipinski definition) is 16. The number of hydrogen-bond donors (Lipinski definition) is 6. The van der Waals surface area contributed by atoms with Crippen LogP contribution >= 0.6 is 11.3 Å². The number of benzene rings is 1. The number of carbonyl (C=O) groups excluding carboxylic acids is 2. The van der Waals surface area contributed by atoms with Gasteiger partial charge in [-0.2, -0.15) is 13.5 Å². The van der Waals surface area contributed by atoms with Crippen molar-refractivity contribution in [3.63, 3.8) is 0 Å². The van der Waals surface area contributed by atoms with Crippen LogP contribution in [0.3, 0.4) is 0 Å². The van der Waals surface area contributed by atoms with Gasteiger partial charge in [-0.15, -0.1) is 15.6 Å². The third kappa shape index (κ3) is 8.22. The molecule has 0 bridgehead atoms. The van der Waals surface area contributed by atoms with Crippen molar-refractivity contribution in [3.05, 3.63) is 40.9 Å². The third-order valence-corrected chi connectivity index (χ3v) is 7.88. The van der Waals surface area contributed by atoms with Crippen LogP contribution in [0.15, 0.2) is 39.8 Å². The van der Waals surface area contributed by atoms with Crippen molar-refractivity contribution < 1.29 is 46.3 Å². The monoisotopic (exact) mass is 668 g/mol. The smallest absolute Gasteiger partial charge is 0.418 e. The number of Topliss-reactive ketones (excluding diaryl/α,β-unsaturated/α-hetero) is 1. The number of amides is 1. The summed E-state index contributed by atoms with van der Waals surface area (Å²) < 4.78 is 41.1. The summed E-state index contributed by atoms with van der Waals surface area (Å²) in [7, 11) is -4.99. The molecule has 0 spiro atoms. The molecule has 1 aromatic heterocycles. The number of thiazole rings is 1. The number of carbonyl (C=O) groups is 3. The van der Waals surface area contributed by atoms with Crippen molar-refractivity contribution in [2.24, 2.45) is 21.8 Å². The molecule has 3 atom stereocenters. The van der Waals surface area contributed by atoms with E-state index in [2.05, 4.69) is 30.0 Å². The number of β-lactam (4-membered cyclic amide) rings is 1. The summed E-state index contributed by atoms with van der Waals surface area (Å²) in [6, 6.07) is 6.86. The highest BCUT2D eigenvalue weighted by atomic mass is 32.3. The number of nitrogens with zero attached hydrogens (tertiary/aromatic N) is 4. The van der Waals surface area contributed by atoms with Gasteiger partial charge in [0.2, 0.25) is 0 Å². The number of aromatic nitrogens is 1. The number of nitrogens with one attached hydrogen (secondary N) is 2. The maximum Gasteiger partial charge on any atom is 0.418 e. The van der Waals surface area contributed by atoms with Crippen molar-refractivity contribution in [2.45, 2.75) is 38.0 Å². The molecule has 3 unspecified atom stereocenters. The van der Waals surface area contributed by atoms with Crippen LogP contribution in [0.25, 0.3) is 0 Å². The molecule has 3 heterocycles. The molecule has 45 heavy (non-hydrogen) atoms. The first-order valence-corrected chi connectivity index (χ1v) is 15.6. The molecule has 0 radical (unpaired) electrons. The van der Waals surface area contributed by atoms with Crippen LogP contribution in [-0.2, 0) is 33.9 Å². The summed E-state index contributed by atoms with van der Waals surface area (Å²) in [5.74, 6) is -3.16. The number of hydroxylamine groups is 2. The van der Waals surface area contributed by atoms with E-state index in [4.69, 9.17) is 25.6 Å². The van der Waals surface area contributed by atoms with Crippen LogP contribution in [0.5, 0.6) is 5.75 Å².